The number of carboxylic acid groups (broad SMARTS) is 1. The van der Waals surface area contributed by atoms with Crippen LogP contribution in [0, 0.1) is 19.3 Å². The Morgan fingerprint density at radius 2 is 1.62 bits per heavy atom. The Morgan fingerprint density at radius 1 is 0.979 bits per heavy atom. The van der Waals surface area contributed by atoms with E-state index in [1.165, 1.54) is 18.2 Å². The molecule has 4 rings (SSSR count). The molecule has 0 saturated carbocycles. The molecule has 0 radical (unpaired) electrons. The summed E-state index contributed by atoms with van der Waals surface area (Å²) in [6.45, 7) is 14.8. The van der Waals surface area contributed by atoms with Gasteiger partial charge in [0.05, 0.1) is 41.2 Å². The number of nitrogens with zero attached hydrogens (tertiary/aromatic N) is 4. The van der Waals surface area contributed by atoms with Gasteiger partial charge in [-0.05, 0) is 68.9 Å². The molecule has 14 heteroatoms. The molecule has 4 aromatic rings. The molecule has 0 unspecified atom stereocenters. The van der Waals surface area contributed by atoms with Crippen molar-refractivity contribution in [1.29, 1.82) is 0 Å². The molecular weight excluding hydrogens is 656 g/mol. The topological polar surface area (TPSA) is 166 Å². The van der Waals surface area contributed by atoms with Gasteiger partial charge in [-0.2, -0.15) is 4.98 Å². The molecule has 3 N–H and O–H groups in total. The minimum absolute atomic E-state index is 0. The lowest BCUT2D eigenvalue weighted by Crippen LogP contribution is -2.38. The minimum atomic E-state index is -4.24. The zero-order valence-corrected chi connectivity index (χ0v) is 29.8. The first-order chi connectivity index (χ1) is 22.1. The first kappa shape index (κ1) is 38.1. The van der Waals surface area contributed by atoms with Crippen molar-refractivity contribution in [1.82, 2.24) is 25.3 Å². The predicted octanol–water partition coefficient (Wildman–Crippen LogP) is 6.23. The monoisotopic (exact) mass is 698 g/mol. The van der Waals surface area contributed by atoms with Gasteiger partial charge in [-0.3, -0.25) is 0 Å². The van der Waals surface area contributed by atoms with E-state index in [1.54, 1.807) is 18.5 Å². The highest BCUT2D eigenvalue weighted by Gasteiger charge is 2.23. The Hall–Kier alpha value is -4.33. The fourth-order valence-electron chi connectivity index (χ4n) is 4.98. The number of anilines is 1. The van der Waals surface area contributed by atoms with Crippen molar-refractivity contribution in [3.63, 3.8) is 0 Å². The maximum atomic E-state index is 13.3. The summed E-state index contributed by atoms with van der Waals surface area (Å²) in [5, 5.41) is 12.8. The highest BCUT2D eigenvalue weighted by atomic mass is 35.5. The molecular formula is C34H43ClN6O6S. The van der Waals surface area contributed by atoms with Crippen LogP contribution in [0.5, 0.6) is 11.6 Å². The van der Waals surface area contributed by atoms with Gasteiger partial charge in [0, 0.05) is 17.7 Å². The smallest absolute Gasteiger partial charge is 0.335 e. The van der Waals surface area contributed by atoms with Crippen molar-refractivity contribution in [3.05, 3.63) is 83.4 Å². The molecule has 0 amide bonds. The molecule has 0 saturated heterocycles. The molecule has 258 valence electrons. The Balaban J connectivity index is 0.00000625. The van der Waals surface area contributed by atoms with Crippen LogP contribution in [0.4, 0.5) is 5.95 Å². The van der Waals surface area contributed by atoms with E-state index in [0.29, 0.717) is 23.8 Å². The second-order valence-corrected chi connectivity index (χ2v) is 14.5. The summed E-state index contributed by atoms with van der Waals surface area (Å²) >= 11 is 0. The van der Waals surface area contributed by atoms with E-state index in [-0.39, 0.29) is 58.9 Å². The summed E-state index contributed by atoms with van der Waals surface area (Å²) in [5.41, 5.74) is 2.96. The zero-order chi connectivity index (χ0) is 34.4. The van der Waals surface area contributed by atoms with Gasteiger partial charge in [-0.25, -0.2) is 32.9 Å². The van der Waals surface area contributed by atoms with Gasteiger partial charge in [0.25, 0.3) is 10.0 Å². The second-order valence-electron chi connectivity index (χ2n) is 12.8. The number of aromatic carboxylic acids is 1. The molecule has 0 aliphatic heterocycles. The molecule has 12 nitrogen and oxygen atoms in total. The molecule has 48 heavy (non-hydrogen) atoms. The van der Waals surface area contributed by atoms with Crippen LogP contribution >= 0.6 is 12.4 Å². The lowest BCUT2D eigenvalue weighted by atomic mass is 9.88. The highest BCUT2D eigenvalue weighted by Crippen LogP contribution is 2.30. The van der Waals surface area contributed by atoms with Crippen molar-refractivity contribution < 1.29 is 27.8 Å². The average molecular weight is 699 g/mol. The first-order valence-electron chi connectivity index (χ1n) is 15.3. The largest absolute Gasteiger partial charge is 0.488 e. The third kappa shape index (κ3) is 10.9. The number of hydrogen-bond donors (Lipinski definition) is 3. The normalized spacial score (nSPS) is 12.2. The van der Waals surface area contributed by atoms with Gasteiger partial charge in [-0.1, -0.05) is 45.0 Å². The minimum Gasteiger partial charge on any atom is -0.488 e. The highest BCUT2D eigenvalue weighted by molar-refractivity contribution is 7.92. The first-order valence-corrected chi connectivity index (χ1v) is 16.7. The van der Waals surface area contributed by atoms with Crippen molar-refractivity contribution in [3.8, 4) is 22.9 Å². The fraction of sp³-hybridized carbons (Fsp3) is 0.382. The molecule has 1 atom stereocenters. The predicted molar refractivity (Wildman–Crippen MR) is 186 cm³/mol. The summed E-state index contributed by atoms with van der Waals surface area (Å²) in [6.07, 6.45) is 4.06. The maximum Gasteiger partial charge on any atom is 0.335 e. The van der Waals surface area contributed by atoms with E-state index in [0.717, 1.165) is 29.2 Å². The third-order valence-corrected chi connectivity index (χ3v) is 8.28. The van der Waals surface area contributed by atoms with Crippen molar-refractivity contribution in [2.75, 3.05) is 11.3 Å². The van der Waals surface area contributed by atoms with Gasteiger partial charge < -0.3 is 19.9 Å². The number of sulfonamides is 1. The molecule has 0 spiro atoms. The van der Waals surface area contributed by atoms with Crippen LogP contribution in [-0.4, -0.2) is 58.2 Å². The summed E-state index contributed by atoms with van der Waals surface area (Å²) in [4.78, 5) is 29.0. The molecule has 0 fully saturated rings. The van der Waals surface area contributed by atoms with Crippen LogP contribution in [0.15, 0.2) is 65.8 Å². The van der Waals surface area contributed by atoms with Crippen LogP contribution in [-0.2, 0) is 16.6 Å². The number of aryl methyl sites for hydroxylation is 2. The van der Waals surface area contributed by atoms with Gasteiger partial charge in [0.15, 0.2) is 5.75 Å². The van der Waals surface area contributed by atoms with Gasteiger partial charge in [0.1, 0.15) is 12.4 Å². The summed E-state index contributed by atoms with van der Waals surface area (Å²) in [6, 6.07) is 12.4. The van der Waals surface area contributed by atoms with Crippen LogP contribution in [0.2, 0.25) is 0 Å². The SMILES string of the molecule is Cc1cccc(C)c1-c1cc(OC[C@@H](CC(C)(C)C)NCc2ncc(OC(C)C)cn2)nc(NS(=O)(=O)c2cccc(C(=O)O)c2)n1.Cl. The van der Waals surface area contributed by atoms with Gasteiger partial charge in [-0.15, -0.1) is 12.4 Å². The van der Waals surface area contributed by atoms with Crippen LogP contribution in [0.3, 0.4) is 0 Å². The summed E-state index contributed by atoms with van der Waals surface area (Å²) in [7, 11) is -4.24. The van der Waals surface area contributed by atoms with Crippen LogP contribution in [0.25, 0.3) is 11.3 Å². The Morgan fingerprint density at radius 3 is 2.23 bits per heavy atom. The van der Waals surface area contributed by atoms with Crippen LogP contribution in [0.1, 0.15) is 68.3 Å². The van der Waals surface area contributed by atoms with Crippen molar-refractivity contribution in [2.24, 2.45) is 5.41 Å². The average Bonchev–Trinajstić information content (AvgIpc) is 2.98. The number of aromatic nitrogens is 4. The Kier molecular flexibility index (Phi) is 12.8. The lowest BCUT2D eigenvalue weighted by Gasteiger charge is -2.27. The Bertz CT molecular complexity index is 1790. The van der Waals surface area contributed by atoms with Gasteiger partial charge >= 0.3 is 5.97 Å². The van der Waals surface area contributed by atoms with E-state index >= 15 is 0 Å². The second kappa shape index (κ2) is 16.2. The molecule has 2 heterocycles. The molecule has 2 aromatic carbocycles. The summed E-state index contributed by atoms with van der Waals surface area (Å²) in [5.74, 6) is -0.0842. The molecule has 0 aliphatic carbocycles. The van der Waals surface area contributed by atoms with E-state index in [4.69, 9.17) is 9.47 Å². The zero-order valence-electron chi connectivity index (χ0n) is 28.1. The number of hydrogen-bond acceptors (Lipinski definition) is 10. The van der Waals surface area contributed by atoms with E-state index in [9.17, 15) is 18.3 Å². The number of rotatable bonds is 14. The Labute approximate surface area is 288 Å². The van der Waals surface area contributed by atoms with Crippen molar-refractivity contribution in [2.45, 2.75) is 78.5 Å². The van der Waals surface area contributed by atoms with E-state index in [2.05, 4.69) is 50.7 Å². The third-order valence-electron chi connectivity index (χ3n) is 6.95. The fourth-order valence-corrected chi connectivity index (χ4v) is 5.97. The standard InChI is InChI=1S/C34H42N6O6S.ClH/c1-21(2)46-26-17-36-29(37-18-26)19-35-25(16-34(5,6)7)20-45-30-15-28(31-22(3)10-8-11-23(31)4)38-33(39-30)40-47(43,44)27-13-9-12-24(14-27)32(41)42;/h8-15,17-18,21,25,35H,16,19-20H2,1-7H3,(H,41,42)(H,38,39,40);1H/t25-;/m1./s1. The number of carbonyl (C=O) groups is 1. The van der Waals surface area contributed by atoms with E-state index < -0.39 is 16.0 Å². The number of halogens is 1. The molecule has 0 bridgehead atoms. The number of carboxylic acids is 1. The quantitative estimate of drug-likeness (QED) is 0.137. The van der Waals surface area contributed by atoms with Gasteiger partial charge in [0.2, 0.25) is 11.8 Å². The maximum absolute atomic E-state index is 13.3. The van der Waals surface area contributed by atoms with Crippen LogP contribution < -0.4 is 19.5 Å². The van der Waals surface area contributed by atoms with Crippen molar-refractivity contribution >= 4 is 34.3 Å². The summed E-state index contributed by atoms with van der Waals surface area (Å²) < 4.78 is 40.9. The molecule has 2 aromatic heterocycles. The number of benzene rings is 2. The number of ether oxygens (including phenoxy) is 2. The number of nitrogens with one attached hydrogen (secondary N) is 2. The van der Waals surface area contributed by atoms with E-state index in [1.807, 2.05) is 45.9 Å². The molecule has 0 aliphatic rings. The lowest BCUT2D eigenvalue weighted by molar-refractivity contribution is 0.0696.